The minimum Gasteiger partial charge on any atom is -0.465 e. The Labute approximate surface area is 128 Å². The lowest BCUT2D eigenvalue weighted by Gasteiger charge is -2.28. The van der Waals surface area contributed by atoms with Crippen molar-refractivity contribution in [1.29, 1.82) is 0 Å². The van der Waals surface area contributed by atoms with Gasteiger partial charge in [0.25, 0.3) is 0 Å². The van der Waals surface area contributed by atoms with Crippen LogP contribution in [0, 0.1) is 13.8 Å². The average Bonchev–Trinajstić information content (AvgIpc) is 2.74. The molecule has 0 spiro atoms. The van der Waals surface area contributed by atoms with Gasteiger partial charge < -0.3 is 10.1 Å². The van der Waals surface area contributed by atoms with Gasteiger partial charge >= 0.3 is 5.97 Å². The average molecular weight is 295 g/mol. The second-order valence-corrected chi connectivity index (χ2v) is 5.69. The normalized spacial score (nSPS) is 14.0. The fraction of sp³-hybridized carbons (Fsp3) is 0.750. The largest absolute Gasteiger partial charge is 0.465 e. The van der Waals surface area contributed by atoms with Crippen LogP contribution >= 0.6 is 0 Å². The molecule has 0 saturated heterocycles. The molecule has 5 nitrogen and oxygen atoms in total. The Hall–Kier alpha value is -1.36. The number of ether oxygens (including phenoxy) is 1. The summed E-state index contributed by atoms with van der Waals surface area (Å²) in [7, 11) is 0. The van der Waals surface area contributed by atoms with Gasteiger partial charge in [-0.15, -0.1) is 0 Å². The zero-order chi connectivity index (χ0) is 15.9. The first kappa shape index (κ1) is 17.7. The van der Waals surface area contributed by atoms with Gasteiger partial charge in [0.1, 0.15) is 5.54 Å². The van der Waals surface area contributed by atoms with Gasteiger partial charge in [-0.1, -0.05) is 6.92 Å². The maximum atomic E-state index is 12.1. The molecule has 5 heteroatoms. The lowest BCUT2D eigenvalue weighted by atomic mass is 9.94. The van der Waals surface area contributed by atoms with Crippen LogP contribution in [0.3, 0.4) is 0 Å². The molecule has 0 saturated carbocycles. The number of aryl methyl sites for hydroxylation is 3. The quantitative estimate of drug-likeness (QED) is 0.562. The van der Waals surface area contributed by atoms with Crippen LogP contribution in [0.4, 0.5) is 0 Å². The second kappa shape index (κ2) is 8.17. The van der Waals surface area contributed by atoms with Crippen LogP contribution in [-0.2, 0) is 16.1 Å². The van der Waals surface area contributed by atoms with Crippen molar-refractivity contribution in [2.75, 3.05) is 13.2 Å². The van der Waals surface area contributed by atoms with E-state index in [1.165, 1.54) is 5.69 Å². The highest BCUT2D eigenvalue weighted by Crippen LogP contribution is 2.17. The van der Waals surface area contributed by atoms with Gasteiger partial charge in [0.15, 0.2) is 0 Å². The van der Waals surface area contributed by atoms with E-state index >= 15 is 0 Å². The van der Waals surface area contributed by atoms with E-state index in [2.05, 4.69) is 23.4 Å². The molecule has 0 aliphatic carbocycles. The number of nitrogens with zero attached hydrogens (tertiary/aromatic N) is 2. The Kier molecular flexibility index (Phi) is 6.89. The number of carbonyl (C=O) groups excluding carboxylic acids is 1. The summed E-state index contributed by atoms with van der Waals surface area (Å²) in [4.78, 5) is 12.1. The first-order chi connectivity index (χ1) is 9.92. The molecule has 0 aromatic carbocycles. The Bertz CT molecular complexity index is 456. The van der Waals surface area contributed by atoms with Crippen molar-refractivity contribution in [3.05, 3.63) is 17.5 Å². The van der Waals surface area contributed by atoms with Gasteiger partial charge in [-0.2, -0.15) is 5.10 Å². The zero-order valence-electron chi connectivity index (χ0n) is 14.0. The van der Waals surface area contributed by atoms with Gasteiger partial charge in [-0.05, 0) is 59.6 Å². The Balaban J connectivity index is 2.46. The molecule has 0 radical (unpaired) electrons. The molecule has 0 aliphatic rings. The number of carbonyl (C=O) groups is 1. The summed E-state index contributed by atoms with van der Waals surface area (Å²) >= 11 is 0. The van der Waals surface area contributed by atoms with E-state index in [0.717, 1.165) is 38.0 Å². The first-order valence-electron chi connectivity index (χ1n) is 7.86. The molecule has 21 heavy (non-hydrogen) atoms. The van der Waals surface area contributed by atoms with E-state index in [1.807, 2.05) is 32.4 Å². The summed E-state index contributed by atoms with van der Waals surface area (Å²) in [6, 6.07) is 2.08. The van der Waals surface area contributed by atoms with Gasteiger partial charge in [-0.25, -0.2) is 0 Å². The number of hydrogen-bond acceptors (Lipinski definition) is 4. The van der Waals surface area contributed by atoms with Gasteiger partial charge in [0.05, 0.1) is 12.3 Å². The van der Waals surface area contributed by atoms with Crippen LogP contribution in [0.25, 0.3) is 0 Å². The predicted molar refractivity (Wildman–Crippen MR) is 84.3 cm³/mol. The Morgan fingerprint density at radius 3 is 2.62 bits per heavy atom. The molecular formula is C16H29N3O2. The number of aromatic nitrogens is 2. The molecule has 120 valence electrons. The van der Waals surface area contributed by atoms with E-state index in [4.69, 9.17) is 4.74 Å². The third kappa shape index (κ3) is 5.16. The van der Waals surface area contributed by atoms with Crippen molar-refractivity contribution in [3.63, 3.8) is 0 Å². The van der Waals surface area contributed by atoms with Gasteiger partial charge in [0, 0.05) is 12.2 Å². The highest BCUT2D eigenvalue weighted by atomic mass is 16.5. The number of esters is 1. The van der Waals surface area contributed by atoms with Crippen LogP contribution in [0.5, 0.6) is 0 Å². The van der Waals surface area contributed by atoms with Crippen molar-refractivity contribution in [2.24, 2.45) is 0 Å². The molecule has 1 aromatic heterocycles. The van der Waals surface area contributed by atoms with Crippen LogP contribution in [0.1, 0.15) is 51.4 Å². The summed E-state index contributed by atoms with van der Waals surface area (Å²) in [6.45, 7) is 11.9. The van der Waals surface area contributed by atoms with E-state index in [1.54, 1.807) is 0 Å². The molecule has 0 amide bonds. The number of rotatable bonds is 9. The molecule has 1 atom stereocenters. The summed E-state index contributed by atoms with van der Waals surface area (Å²) in [5.74, 6) is -0.155. The fourth-order valence-corrected chi connectivity index (χ4v) is 2.58. The van der Waals surface area contributed by atoms with Gasteiger partial charge in [-0.3, -0.25) is 9.48 Å². The lowest BCUT2D eigenvalue weighted by Crippen LogP contribution is -2.50. The predicted octanol–water partition coefficient (Wildman–Crippen LogP) is 2.60. The SMILES string of the molecule is CCNC(C)(CCCCn1nc(C)cc1C)C(=O)OCC. The third-order valence-corrected chi connectivity index (χ3v) is 3.69. The molecule has 0 fully saturated rings. The van der Waals surface area contributed by atoms with E-state index in [9.17, 15) is 4.79 Å². The van der Waals surface area contributed by atoms with E-state index in [0.29, 0.717) is 6.61 Å². The molecule has 1 heterocycles. The van der Waals surface area contributed by atoms with Crippen LogP contribution < -0.4 is 5.32 Å². The molecular weight excluding hydrogens is 266 g/mol. The maximum Gasteiger partial charge on any atom is 0.326 e. The molecule has 1 N–H and O–H groups in total. The fourth-order valence-electron chi connectivity index (χ4n) is 2.58. The van der Waals surface area contributed by atoms with Gasteiger partial charge in [0.2, 0.25) is 0 Å². The smallest absolute Gasteiger partial charge is 0.326 e. The van der Waals surface area contributed by atoms with E-state index in [-0.39, 0.29) is 5.97 Å². The van der Waals surface area contributed by atoms with Crippen molar-refractivity contribution >= 4 is 5.97 Å². The molecule has 1 unspecified atom stereocenters. The molecule has 1 rings (SSSR count). The summed E-state index contributed by atoms with van der Waals surface area (Å²) in [6.07, 6.45) is 2.74. The zero-order valence-corrected chi connectivity index (χ0v) is 14.0. The van der Waals surface area contributed by atoms with E-state index < -0.39 is 5.54 Å². The number of hydrogen-bond donors (Lipinski definition) is 1. The number of unbranched alkanes of at least 4 members (excludes halogenated alkanes) is 1. The standard InChI is InChI=1S/C16H29N3O2/c1-6-17-16(5,15(20)21-7-2)10-8-9-11-19-14(4)12-13(3)18-19/h12,17H,6-11H2,1-5H3. The van der Waals surface area contributed by atoms with Crippen LogP contribution in [0.15, 0.2) is 6.07 Å². The highest BCUT2D eigenvalue weighted by Gasteiger charge is 2.32. The lowest BCUT2D eigenvalue weighted by molar-refractivity contribution is -0.150. The van der Waals surface area contributed by atoms with Crippen molar-refractivity contribution in [3.8, 4) is 0 Å². The molecule has 0 bridgehead atoms. The van der Waals surface area contributed by atoms with Crippen LogP contribution in [0.2, 0.25) is 0 Å². The Morgan fingerprint density at radius 1 is 1.38 bits per heavy atom. The maximum absolute atomic E-state index is 12.1. The van der Waals surface area contributed by atoms with Crippen molar-refractivity contribution in [1.82, 2.24) is 15.1 Å². The second-order valence-electron chi connectivity index (χ2n) is 5.69. The number of nitrogens with one attached hydrogen (secondary N) is 1. The summed E-state index contributed by atoms with van der Waals surface area (Å²) in [5, 5.41) is 7.72. The highest BCUT2D eigenvalue weighted by molar-refractivity contribution is 5.80. The number of likely N-dealkylation sites (N-methyl/N-ethyl adjacent to an activating group) is 1. The Morgan fingerprint density at radius 2 is 2.10 bits per heavy atom. The third-order valence-electron chi connectivity index (χ3n) is 3.69. The summed E-state index contributed by atoms with van der Waals surface area (Å²) < 4.78 is 7.21. The van der Waals surface area contributed by atoms with Crippen molar-refractivity contribution < 1.29 is 9.53 Å². The van der Waals surface area contributed by atoms with Crippen LogP contribution in [-0.4, -0.2) is 34.4 Å². The first-order valence-corrected chi connectivity index (χ1v) is 7.86. The molecule has 0 aliphatic heterocycles. The monoisotopic (exact) mass is 295 g/mol. The topological polar surface area (TPSA) is 56.2 Å². The summed E-state index contributed by atoms with van der Waals surface area (Å²) in [5.41, 5.74) is 1.66. The minimum absolute atomic E-state index is 0.155. The minimum atomic E-state index is -0.583. The molecule has 1 aromatic rings. The van der Waals surface area contributed by atoms with Crippen molar-refractivity contribution in [2.45, 2.75) is 66.0 Å².